The van der Waals surface area contributed by atoms with Crippen LogP contribution in [-0.4, -0.2) is 19.5 Å². The summed E-state index contributed by atoms with van der Waals surface area (Å²) in [4.78, 5) is 9.16. The van der Waals surface area contributed by atoms with E-state index in [0.29, 0.717) is 11.5 Å². The molecule has 3 aromatic rings. The first kappa shape index (κ1) is 13.9. The van der Waals surface area contributed by atoms with Crippen LogP contribution in [0.4, 0.5) is 0 Å². The normalized spacial score (nSPS) is 10.7. The second-order valence-electron chi connectivity index (χ2n) is 4.60. The number of imidazole rings is 1. The Labute approximate surface area is 132 Å². The molecule has 106 valence electrons. The zero-order chi connectivity index (χ0) is 14.7. The van der Waals surface area contributed by atoms with Crippen molar-refractivity contribution >= 4 is 28.5 Å². The number of thiocarbonyl (C=S) groups is 1. The van der Waals surface area contributed by atoms with E-state index in [1.54, 1.807) is 11.3 Å². The Hall–Kier alpha value is -2.05. The van der Waals surface area contributed by atoms with Gasteiger partial charge in [0.15, 0.2) is 0 Å². The minimum absolute atomic E-state index is 0.423. The lowest BCUT2D eigenvalue weighted by molar-refractivity contribution is 0.738. The second kappa shape index (κ2) is 6.15. The van der Waals surface area contributed by atoms with E-state index in [0.717, 1.165) is 28.4 Å². The molecule has 2 heterocycles. The summed E-state index contributed by atoms with van der Waals surface area (Å²) in [6.07, 6.45) is 6.33. The fourth-order valence-corrected chi connectivity index (χ4v) is 3.02. The van der Waals surface area contributed by atoms with E-state index in [-0.39, 0.29) is 0 Å². The zero-order valence-electron chi connectivity index (χ0n) is 11.3. The Balaban J connectivity index is 1.86. The molecule has 2 aromatic heterocycles. The van der Waals surface area contributed by atoms with Crippen molar-refractivity contribution in [3.8, 4) is 0 Å². The summed E-state index contributed by atoms with van der Waals surface area (Å²) in [5.41, 5.74) is 7.81. The van der Waals surface area contributed by atoms with Crippen LogP contribution in [0, 0.1) is 0 Å². The van der Waals surface area contributed by atoms with Gasteiger partial charge in [-0.1, -0.05) is 36.5 Å². The lowest BCUT2D eigenvalue weighted by Crippen LogP contribution is -2.14. The zero-order valence-corrected chi connectivity index (χ0v) is 12.9. The van der Waals surface area contributed by atoms with Gasteiger partial charge in [-0.15, -0.1) is 11.3 Å². The van der Waals surface area contributed by atoms with Crippen molar-refractivity contribution in [2.45, 2.75) is 13.0 Å². The smallest absolute Gasteiger partial charge is 0.115 e. The van der Waals surface area contributed by atoms with E-state index in [9.17, 15) is 0 Å². The molecule has 0 radical (unpaired) electrons. The van der Waals surface area contributed by atoms with Gasteiger partial charge in [0.05, 0.1) is 11.4 Å². The molecule has 0 bridgehead atoms. The summed E-state index contributed by atoms with van der Waals surface area (Å²) >= 11 is 6.75. The molecule has 0 fully saturated rings. The second-order valence-corrected chi connectivity index (χ2v) is 6.01. The van der Waals surface area contributed by atoms with Gasteiger partial charge in [0.2, 0.25) is 0 Å². The number of hydrogen-bond donors (Lipinski definition) is 1. The molecule has 0 atom stereocenters. The van der Waals surface area contributed by atoms with Gasteiger partial charge in [0.25, 0.3) is 0 Å². The SMILES string of the molecule is NC(=S)c1ccccc1Cn1ccnc1Cc1nccs1. The van der Waals surface area contributed by atoms with Crippen molar-refractivity contribution in [3.05, 3.63) is 70.2 Å². The van der Waals surface area contributed by atoms with E-state index in [1.165, 1.54) is 0 Å². The first-order valence-corrected chi connectivity index (χ1v) is 7.79. The molecule has 4 nitrogen and oxygen atoms in total. The van der Waals surface area contributed by atoms with Crippen LogP contribution in [0.15, 0.2) is 48.2 Å². The largest absolute Gasteiger partial charge is 0.389 e. The average Bonchev–Trinajstić information content (AvgIpc) is 3.12. The first-order valence-electron chi connectivity index (χ1n) is 6.50. The highest BCUT2D eigenvalue weighted by Gasteiger charge is 2.09. The predicted molar refractivity (Wildman–Crippen MR) is 88.6 cm³/mol. The molecule has 0 unspecified atom stereocenters. The molecule has 0 saturated heterocycles. The van der Waals surface area contributed by atoms with Gasteiger partial charge in [-0.05, 0) is 5.56 Å². The molecule has 1 aromatic carbocycles. The van der Waals surface area contributed by atoms with Crippen LogP contribution in [0.3, 0.4) is 0 Å². The standard InChI is InChI=1S/C15H14N4S2/c16-15(20)12-4-2-1-3-11(12)10-19-7-5-17-13(19)9-14-18-6-8-21-14/h1-8H,9-10H2,(H2,16,20). The monoisotopic (exact) mass is 314 g/mol. The van der Waals surface area contributed by atoms with Crippen molar-refractivity contribution < 1.29 is 0 Å². The van der Waals surface area contributed by atoms with Gasteiger partial charge in [-0.2, -0.15) is 0 Å². The highest BCUT2D eigenvalue weighted by Crippen LogP contribution is 2.15. The maximum Gasteiger partial charge on any atom is 0.115 e. The third-order valence-corrected chi connectivity index (χ3v) is 4.22. The lowest BCUT2D eigenvalue weighted by Gasteiger charge is -2.11. The molecule has 0 amide bonds. The molecular formula is C15H14N4S2. The average molecular weight is 314 g/mol. The fraction of sp³-hybridized carbons (Fsp3) is 0.133. The van der Waals surface area contributed by atoms with E-state index < -0.39 is 0 Å². The summed E-state index contributed by atoms with van der Waals surface area (Å²) in [6.45, 7) is 0.703. The van der Waals surface area contributed by atoms with Gasteiger partial charge in [0.1, 0.15) is 10.8 Å². The Morgan fingerprint density at radius 3 is 2.86 bits per heavy atom. The quantitative estimate of drug-likeness (QED) is 0.736. The number of nitrogens with two attached hydrogens (primary N) is 1. The third kappa shape index (κ3) is 3.17. The number of benzene rings is 1. The van der Waals surface area contributed by atoms with Crippen molar-refractivity contribution in [2.24, 2.45) is 5.73 Å². The number of thiazole rings is 1. The van der Waals surface area contributed by atoms with Gasteiger partial charge in [-0.25, -0.2) is 9.97 Å². The summed E-state index contributed by atoms with van der Waals surface area (Å²) < 4.78 is 2.11. The summed E-state index contributed by atoms with van der Waals surface area (Å²) in [5.74, 6) is 0.989. The molecule has 3 rings (SSSR count). The molecule has 6 heteroatoms. The topological polar surface area (TPSA) is 56.7 Å². The molecule has 2 N–H and O–H groups in total. The van der Waals surface area contributed by atoms with Gasteiger partial charge in [-0.3, -0.25) is 0 Å². The molecule has 0 spiro atoms. The van der Waals surface area contributed by atoms with Crippen LogP contribution in [0.5, 0.6) is 0 Å². The van der Waals surface area contributed by atoms with E-state index in [2.05, 4.69) is 14.5 Å². The van der Waals surface area contributed by atoms with E-state index >= 15 is 0 Å². The van der Waals surface area contributed by atoms with Crippen LogP contribution in [0.25, 0.3) is 0 Å². The lowest BCUT2D eigenvalue weighted by atomic mass is 10.1. The molecule has 21 heavy (non-hydrogen) atoms. The van der Waals surface area contributed by atoms with Crippen molar-refractivity contribution in [2.75, 3.05) is 0 Å². The Morgan fingerprint density at radius 2 is 2.10 bits per heavy atom. The molecule has 0 aliphatic rings. The van der Waals surface area contributed by atoms with E-state index in [1.807, 2.05) is 48.2 Å². The first-order chi connectivity index (χ1) is 10.2. The van der Waals surface area contributed by atoms with Crippen LogP contribution in [-0.2, 0) is 13.0 Å². The van der Waals surface area contributed by atoms with Gasteiger partial charge in [0, 0.05) is 36.1 Å². The predicted octanol–water partition coefficient (Wildman–Crippen LogP) is 2.61. The van der Waals surface area contributed by atoms with Crippen molar-refractivity contribution in [3.63, 3.8) is 0 Å². The van der Waals surface area contributed by atoms with Crippen molar-refractivity contribution in [1.29, 1.82) is 0 Å². The van der Waals surface area contributed by atoms with Crippen molar-refractivity contribution in [1.82, 2.24) is 14.5 Å². The minimum atomic E-state index is 0.423. The summed E-state index contributed by atoms with van der Waals surface area (Å²) in [6, 6.07) is 7.94. The van der Waals surface area contributed by atoms with Crippen LogP contribution >= 0.6 is 23.6 Å². The maximum atomic E-state index is 5.79. The van der Waals surface area contributed by atoms with Gasteiger partial charge < -0.3 is 10.3 Å². The van der Waals surface area contributed by atoms with Crippen LogP contribution in [0.1, 0.15) is 22.0 Å². The number of aromatic nitrogens is 3. The maximum absolute atomic E-state index is 5.79. The molecule has 0 aliphatic carbocycles. The minimum Gasteiger partial charge on any atom is -0.389 e. The fourth-order valence-electron chi connectivity index (χ4n) is 2.21. The number of rotatable bonds is 5. The van der Waals surface area contributed by atoms with Crippen LogP contribution < -0.4 is 5.73 Å². The molecule has 0 saturated carbocycles. The highest BCUT2D eigenvalue weighted by molar-refractivity contribution is 7.80. The van der Waals surface area contributed by atoms with E-state index in [4.69, 9.17) is 18.0 Å². The third-order valence-electron chi connectivity index (χ3n) is 3.22. The number of hydrogen-bond acceptors (Lipinski definition) is 4. The molecular weight excluding hydrogens is 300 g/mol. The van der Waals surface area contributed by atoms with Crippen LogP contribution in [0.2, 0.25) is 0 Å². The Bertz CT molecular complexity index is 747. The Morgan fingerprint density at radius 1 is 1.24 bits per heavy atom. The van der Waals surface area contributed by atoms with Gasteiger partial charge >= 0.3 is 0 Å². The number of nitrogens with zero attached hydrogens (tertiary/aromatic N) is 3. The summed E-state index contributed by atoms with van der Waals surface area (Å²) in [5, 5.41) is 3.04. The highest BCUT2D eigenvalue weighted by atomic mass is 32.1. The Kier molecular flexibility index (Phi) is 4.08. The molecule has 0 aliphatic heterocycles. The summed E-state index contributed by atoms with van der Waals surface area (Å²) in [7, 11) is 0.